The van der Waals surface area contributed by atoms with Crippen LogP contribution in [0.4, 0.5) is 0 Å². The van der Waals surface area contributed by atoms with Crippen LogP contribution >= 0.6 is 0 Å². The number of fused-ring (bicyclic) bond motifs is 2. The molecule has 6 heteroatoms. The van der Waals surface area contributed by atoms with Crippen molar-refractivity contribution in [3.8, 4) is 0 Å². The van der Waals surface area contributed by atoms with Crippen molar-refractivity contribution in [2.24, 2.45) is 0 Å². The van der Waals surface area contributed by atoms with Gasteiger partial charge in [-0.25, -0.2) is 0 Å². The molecule has 6 nitrogen and oxygen atoms in total. The number of rotatable bonds is 5. The Morgan fingerprint density at radius 3 is 2.77 bits per heavy atom. The average Bonchev–Trinajstić information content (AvgIpc) is 3.22. The van der Waals surface area contributed by atoms with E-state index in [1.807, 2.05) is 48.5 Å². The number of aromatic nitrogens is 1. The molecule has 2 aliphatic rings. The molecular formula is C24H24N4O2. The number of hydrogen-bond acceptors (Lipinski definition) is 4. The maximum atomic E-state index is 13.0. The Morgan fingerprint density at radius 2 is 1.90 bits per heavy atom. The molecule has 0 bridgehead atoms. The summed E-state index contributed by atoms with van der Waals surface area (Å²) in [6.07, 6.45) is 2.96. The number of amides is 2. The predicted octanol–water partition coefficient (Wildman–Crippen LogP) is 2.03. The molecule has 3 atom stereocenters. The molecule has 2 saturated heterocycles. The first-order chi connectivity index (χ1) is 14.7. The number of nitrogens with one attached hydrogen (secondary N) is 2. The minimum atomic E-state index is -0.487. The molecule has 152 valence electrons. The van der Waals surface area contributed by atoms with Crippen molar-refractivity contribution in [2.45, 2.75) is 37.5 Å². The van der Waals surface area contributed by atoms with Gasteiger partial charge in [-0.05, 0) is 29.7 Å². The van der Waals surface area contributed by atoms with Gasteiger partial charge in [-0.2, -0.15) is 0 Å². The van der Waals surface area contributed by atoms with E-state index in [9.17, 15) is 9.59 Å². The number of benzene rings is 2. The van der Waals surface area contributed by atoms with Crippen molar-refractivity contribution in [1.29, 1.82) is 0 Å². The normalized spacial score (nSPS) is 23.5. The molecule has 0 unspecified atom stereocenters. The number of nitrogens with zero attached hydrogens (tertiary/aromatic N) is 2. The average molecular weight is 400 g/mol. The van der Waals surface area contributed by atoms with Gasteiger partial charge in [0, 0.05) is 37.1 Å². The van der Waals surface area contributed by atoms with Crippen LogP contribution in [0.1, 0.15) is 17.5 Å². The van der Waals surface area contributed by atoms with Gasteiger partial charge in [0.25, 0.3) is 0 Å². The summed E-state index contributed by atoms with van der Waals surface area (Å²) in [5.41, 5.74) is 3.19. The third-order valence-corrected chi connectivity index (χ3v) is 6.10. The van der Waals surface area contributed by atoms with Crippen molar-refractivity contribution in [3.63, 3.8) is 0 Å². The van der Waals surface area contributed by atoms with Crippen LogP contribution in [0.15, 0.2) is 66.9 Å². The van der Waals surface area contributed by atoms with E-state index in [4.69, 9.17) is 0 Å². The summed E-state index contributed by atoms with van der Waals surface area (Å²) in [6, 6.07) is 19.2. The smallest absolute Gasteiger partial charge is 0.246 e. The summed E-state index contributed by atoms with van der Waals surface area (Å²) in [4.78, 5) is 31.9. The molecule has 2 amide bonds. The molecule has 3 aromatic rings. The van der Waals surface area contributed by atoms with Crippen molar-refractivity contribution >= 4 is 22.7 Å². The molecule has 0 radical (unpaired) electrons. The largest absolute Gasteiger partial charge is 0.342 e. The topological polar surface area (TPSA) is 74.3 Å². The second kappa shape index (κ2) is 7.88. The Hall–Kier alpha value is -3.25. The fourth-order valence-electron chi connectivity index (χ4n) is 4.57. The maximum Gasteiger partial charge on any atom is 0.246 e. The maximum absolute atomic E-state index is 13.0. The zero-order chi connectivity index (χ0) is 20.5. The standard InChI is InChI=1S/C24H24N4O2/c29-23-22-13-18(26-14-17-8-4-10-20-19(17)9-5-11-25-20)15-28(22)24(30)21(27-23)12-16-6-2-1-3-7-16/h1-11,18,21-22,26H,12-15H2,(H,27,29)/t18-,21+,22-/m0/s1. The molecule has 1 aromatic heterocycles. The highest BCUT2D eigenvalue weighted by Crippen LogP contribution is 2.25. The number of pyridine rings is 1. The van der Waals surface area contributed by atoms with E-state index in [0.717, 1.165) is 16.5 Å². The van der Waals surface area contributed by atoms with Crippen molar-refractivity contribution in [1.82, 2.24) is 20.5 Å². The zero-order valence-electron chi connectivity index (χ0n) is 16.6. The van der Waals surface area contributed by atoms with E-state index in [2.05, 4.69) is 27.8 Å². The lowest BCUT2D eigenvalue weighted by Gasteiger charge is -2.34. The number of piperazine rings is 1. The van der Waals surface area contributed by atoms with Crippen LogP contribution < -0.4 is 10.6 Å². The molecule has 5 rings (SSSR count). The Bertz CT molecular complexity index is 1080. The predicted molar refractivity (Wildman–Crippen MR) is 115 cm³/mol. The van der Waals surface area contributed by atoms with Gasteiger partial charge in [0.05, 0.1) is 5.52 Å². The van der Waals surface area contributed by atoms with Crippen LogP contribution in [0.5, 0.6) is 0 Å². The van der Waals surface area contributed by atoms with Crippen LogP contribution in [-0.4, -0.2) is 46.4 Å². The number of hydrogen-bond donors (Lipinski definition) is 2. The molecule has 3 heterocycles. The lowest BCUT2D eigenvalue weighted by molar-refractivity contribution is -0.147. The van der Waals surface area contributed by atoms with E-state index in [1.165, 1.54) is 5.56 Å². The summed E-state index contributed by atoms with van der Waals surface area (Å²) < 4.78 is 0. The van der Waals surface area contributed by atoms with Crippen LogP contribution in [0.2, 0.25) is 0 Å². The van der Waals surface area contributed by atoms with E-state index in [1.54, 1.807) is 11.1 Å². The van der Waals surface area contributed by atoms with E-state index >= 15 is 0 Å². The molecular weight excluding hydrogens is 376 g/mol. The first kappa shape index (κ1) is 18.8. The minimum Gasteiger partial charge on any atom is -0.342 e. The van der Waals surface area contributed by atoms with Gasteiger partial charge in [0.1, 0.15) is 12.1 Å². The fourth-order valence-corrected chi connectivity index (χ4v) is 4.57. The third kappa shape index (κ3) is 3.55. The summed E-state index contributed by atoms with van der Waals surface area (Å²) in [7, 11) is 0. The monoisotopic (exact) mass is 400 g/mol. The SMILES string of the molecule is O=C1N[C@H](Cc2ccccc2)C(=O)N2C[C@@H](NCc3cccc4ncccc34)C[C@@H]12. The molecule has 0 spiro atoms. The van der Waals surface area contributed by atoms with Gasteiger partial charge < -0.3 is 15.5 Å². The van der Waals surface area contributed by atoms with Gasteiger partial charge in [0.2, 0.25) is 11.8 Å². The van der Waals surface area contributed by atoms with Crippen LogP contribution in [0.25, 0.3) is 10.9 Å². The Kier molecular flexibility index (Phi) is 4.93. The van der Waals surface area contributed by atoms with E-state index < -0.39 is 6.04 Å². The second-order valence-corrected chi connectivity index (χ2v) is 8.06. The van der Waals surface area contributed by atoms with Gasteiger partial charge in [-0.15, -0.1) is 0 Å². The van der Waals surface area contributed by atoms with Gasteiger partial charge in [-0.1, -0.05) is 48.5 Å². The van der Waals surface area contributed by atoms with Crippen LogP contribution in [-0.2, 0) is 22.6 Å². The van der Waals surface area contributed by atoms with Gasteiger partial charge >= 0.3 is 0 Å². The third-order valence-electron chi connectivity index (χ3n) is 6.10. The van der Waals surface area contributed by atoms with Crippen molar-refractivity contribution in [3.05, 3.63) is 78.0 Å². The van der Waals surface area contributed by atoms with E-state index in [0.29, 0.717) is 25.9 Å². The second-order valence-electron chi connectivity index (χ2n) is 8.06. The van der Waals surface area contributed by atoms with Crippen molar-refractivity contribution < 1.29 is 9.59 Å². The number of carbonyl (C=O) groups is 2. The number of carbonyl (C=O) groups excluding carboxylic acids is 2. The first-order valence-electron chi connectivity index (χ1n) is 10.4. The highest BCUT2D eigenvalue weighted by molar-refractivity contribution is 5.97. The van der Waals surface area contributed by atoms with Crippen LogP contribution in [0.3, 0.4) is 0 Å². The molecule has 30 heavy (non-hydrogen) atoms. The molecule has 2 N–H and O–H groups in total. The first-order valence-corrected chi connectivity index (χ1v) is 10.4. The lowest BCUT2D eigenvalue weighted by atomic mass is 10.0. The van der Waals surface area contributed by atoms with Crippen molar-refractivity contribution in [2.75, 3.05) is 6.54 Å². The molecule has 2 fully saturated rings. The van der Waals surface area contributed by atoms with E-state index in [-0.39, 0.29) is 23.9 Å². The molecule has 0 aliphatic carbocycles. The zero-order valence-corrected chi connectivity index (χ0v) is 16.6. The lowest BCUT2D eigenvalue weighted by Crippen LogP contribution is -2.61. The quantitative estimate of drug-likeness (QED) is 0.687. The summed E-state index contributed by atoms with van der Waals surface area (Å²) >= 11 is 0. The Morgan fingerprint density at radius 1 is 1.03 bits per heavy atom. The Balaban J connectivity index is 1.26. The van der Waals surface area contributed by atoms with Gasteiger partial charge in [-0.3, -0.25) is 14.6 Å². The minimum absolute atomic E-state index is 0.0158. The Labute approximate surface area is 175 Å². The molecule has 0 saturated carbocycles. The molecule has 2 aromatic carbocycles. The van der Waals surface area contributed by atoms with Gasteiger partial charge in [0.15, 0.2) is 0 Å². The fraction of sp³-hybridized carbons (Fsp3) is 0.292. The highest BCUT2D eigenvalue weighted by Gasteiger charge is 2.46. The van der Waals surface area contributed by atoms with Crippen LogP contribution in [0, 0.1) is 0 Å². The summed E-state index contributed by atoms with van der Waals surface area (Å²) in [5.74, 6) is -0.0312. The summed E-state index contributed by atoms with van der Waals surface area (Å²) in [6.45, 7) is 1.24. The summed E-state index contributed by atoms with van der Waals surface area (Å²) in [5, 5.41) is 7.61. The molecule has 2 aliphatic heterocycles. The highest BCUT2D eigenvalue weighted by atomic mass is 16.2.